The van der Waals surface area contributed by atoms with Crippen LogP contribution in [0.5, 0.6) is 0 Å². The van der Waals surface area contributed by atoms with E-state index < -0.39 is 5.60 Å². The third-order valence-corrected chi connectivity index (χ3v) is 3.79. The average molecular weight is 306 g/mol. The molecule has 0 aliphatic rings. The number of hydrogen-bond acceptors (Lipinski definition) is 2. The molecular formula is C15H16BrNO. The van der Waals surface area contributed by atoms with E-state index in [-0.39, 0.29) is 0 Å². The lowest BCUT2D eigenvalue weighted by atomic mass is 9.83. The van der Waals surface area contributed by atoms with Gasteiger partial charge in [0.25, 0.3) is 0 Å². The van der Waals surface area contributed by atoms with Gasteiger partial charge in [0.2, 0.25) is 0 Å². The number of pyridine rings is 1. The van der Waals surface area contributed by atoms with E-state index in [0.717, 1.165) is 21.2 Å². The summed E-state index contributed by atoms with van der Waals surface area (Å²) in [7, 11) is 0. The van der Waals surface area contributed by atoms with E-state index in [2.05, 4.69) is 20.9 Å². The molecule has 1 heterocycles. The van der Waals surface area contributed by atoms with Crippen LogP contribution in [0.25, 0.3) is 0 Å². The molecule has 94 valence electrons. The molecule has 1 aromatic carbocycles. The molecule has 3 heteroatoms. The number of aryl methyl sites for hydroxylation is 1. The van der Waals surface area contributed by atoms with Crippen molar-refractivity contribution >= 4 is 15.9 Å². The summed E-state index contributed by atoms with van der Waals surface area (Å²) >= 11 is 3.45. The predicted molar refractivity (Wildman–Crippen MR) is 76.4 cm³/mol. The van der Waals surface area contributed by atoms with Crippen LogP contribution in [-0.2, 0) is 5.60 Å². The summed E-state index contributed by atoms with van der Waals surface area (Å²) in [5, 5.41) is 11.0. The van der Waals surface area contributed by atoms with Crippen molar-refractivity contribution in [1.82, 2.24) is 4.98 Å². The molecule has 0 aliphatic heterocycles. The smallest absolute Gasteiger partial charge is 0.116 e. The molecule has 0 saturated heterocycles. The summed E-state index contributed by atoms with van der Waals surface area (Å²) in [5.41, 5.74) is 1.82. The van der Waals surface area contributed by atoms with Crippen LogP contribution in [0.2, 0.25) is 0 Å². The summed E-state index contributed by atoms with van der Waals surface area (Å²) < 4.78 is 0.966. The predicted octanol–water partition coefficient (Wildman–Crippen LogP) is 3.80. The van der Waals surface area contributed by atoms with Crippen LogP contribution in [0.15, 0.2) is 47.2 Å². The monoisotopic (exact) mass is 305 g/mol. The number of halogens is 1. The Morgan fingerprint density at radius 3 is 2.72 bits per heavy atom. The van der Waals surface area contributed by atoms with Crippen LogP contribution >= 0.6 is 15.9 Å². The quantitative estimate of drug-likeness (QED) is 0.935. The molecule has 1 unspecified atom stereocenters. The summed E-state index contributed by atoms with van der Waals surface area (Å²) in [4.78, 5) is 4.14. The molecule has 18 heavy (non-hydrogen) atoms. The number of aromatic nitrogens is 1. The second kappa shape index (κ2) is 5.21. The first kappa shape index (κ1) is 13.2. The van der Waals surface area contributed by atoms with Crippen molar-refractivity contribution < 1.29 is 5.11 Å². The van der Waals surface area contributed by atoms with Crippen molar-refractivity contribution in [2.75, 3.05) is 0 Å². The molecule has 1 aromatic heterocycles. The molecular weight excluding hydrogens is 290 g/mol. The van der Waals surface area contributed by atoms with Crippen molar-refractivity contribution in [1.29, 1.82) is 0 Å². The molecule has 0 saturated carbocycles. The maximum atomic E-state index is 11.0. The fourth-order valence-electron chi connectivity index (χ4n) is 2.19. The first-order chi connectivity index (χ1) is 8.58. The van der Waals surface area contributed by atoms with Crippen LogP contribution in [0.3, 0.4) is 0 Å². The highest BCUT2D eigenvalue weighted by Crippen LogP contribution is 2.35. The topological polar surface area (TPSA) is 33.1 Å². The van der Waals surface area contributed by atoms with Crippen molar-refractivity contribution in [3.63, 3.8) is 0 Å². The van der Waals surface area contributed by atoms with Crippen LogP contribution in [-0.4, -0.2) is 10.1 Å². The zero-order valence-electron chi connectivity index (χ0n) is 10.5. The van der Waals surface area contributed by atoms with E-state index in [0.29, 0.717) is 6.42 Å². The highest BCUT2D eigenvalue weighted by Gasteiger charge is 2.31. The maximum absolute atomic E-state index is 11.0. The Balaban J connectivity index is 2.59. The summed E-state index contributed by atoms with van der Waals surface area (Å²) in [6.07, 6.45) is 4.10. The molecule has 0 bridgehead atoms. The van der Waals surface area contributed by atoms with E-state index >= 15 is 0 Å². The van der Waals surface area contributed by atoms with Gasteiger partial charge in [-0.3, -0.25) is 4.98 Å². The van der Waals surface area contributed by atoms with Gasteiger partial charge in [-0.1, -0.05) is 35.0 Å². The third-order valence-electron chi connectivity index (χ3n) is 3.30. The Hall–Kier alpha value is -1.19. The van der Waals surface area contributed by atoms with E-state index in [1.54, 1.807) is 12.4 Å². The van der Waals surface area contributed by atoms with Gasteiger partial charge in [0, 0.05) is 22.4 Å². The van der Waals surface area contributed by atoms with Gasteiger partial charge in [-0.2, -0.15) is 0 Å². The standard InChI is InChI=1S/C15H16BrNO/c1-3-15(18,12-5-4-6-13(16)9-12)14-10-17-8-7-11(14)2/h4-10,18H,3H2,1-2H3. The number of benzene rings is 1. The zero-order chi connectivity index (χ0) is 13.2. The molecule has 2 rings (SSSR count). The van der Waals surface area contributed by atoms with Crippen molar-refractivity contribution in [2.45, 2.75) is 25.9 Å². The van der Waals surface area contributed by atoms with Gasteiger partial charge in [0.15, 0.2) is 0 Å². The van der Waals surface area contributed by atoms with Gasteiger partial charge in [-0.05, 0) is 42.7 Å². The average Bonchev–Trinajstić information content (AvgIpc) is 2.38. The zero-order valence-corrected chi connectivity index (χ0v) is 12.1. The molecule has 1 N–H and O–H groups in total. The van der Waals surface area contributed by atoms with Gasteiger partial charge in [-0.15, -0.1) is 0 Å². The van der Waals surface area contributed by atoms with E-state index in [1.165, 1.54) is 0 Å². The summed E-state index contributed by atoms with van der Waals surface area (Å²) in [5.74, 6) is 0. The van der Waals surface area contributed by atoms with Crippen LogP contribution in [0, 0.1) is 6.92 Å². The first-order valence-electron chi connectivity index (χ1n) is 5.97. The Labute approximate surface area is 116 Å². The SMILES string of the molecule is CCC(O)(c1cccc(Br)c1)c1cnccc1C. The van der Waals surface area contributed by atoms with E-state index in [1.807, 2.05) is 44.2 Å². The molecule has 0 radical (unpaired) electrons. The van der Waals surface area contributed by atoms with Crippen molar-refractivity contribution in [3.8, 4) is 0 Å². The minimum absolute atomic E-state index is 0.607. The molecule has 2 aromatic rings. The highest BCUT2D eigenvalue weighted by atomic mass is 79.9. The van der Waals surface area contributed by atoms with Gasteiger partial charge < -0.3 is 5.11 Å². The lowest BCUT2D eigenvalue weighted by Gasteiger charge is -2.29. The highest BCUT2D eigenvalue weighted by molar-refractivity contribution is 9.10. The maximum Gasteiger partial charge on any atom is 0.116 e. The first-order valence-corrected chi connectivity index (χ1v) is 6.76. The largest absolute Gasteiger partial charge is 0.380 e. The number of nitrogens with zero attached hydrogens (tertiary/aromatic N) is 1. The van der Waals surface area contributed by atoms with Crippen molar-refractivity contribution in [3.05, 3.63) is 63.9 Å². The lowest BCUT2D eigenvalue weighted by molar-refractivity contribution is 0.0754. The second-order valence-corrected chi connectivity index (χ2v) is 5.33. The van der Waals surface area contributed by atoms with Gasteiger partial charge in [0.1, 0.15) is 5.60 Å². The molecule has 1 atom stereocenters. The lowest BCUT2D eigenvalue weighted by Crippen LogP contribution is -2.27. The van der Waals surface area contributed by atoms with Crippen LogP contribution in [0.4, 0.5) is 0 Å². The Kier molecular flexibility index (Phi) is 3.83. The molecule has 2 nitrogen and oxygen atoms in total. The number of aliphatic hydroxyl groups is 1. The molecule has 0 aliphatic carbocycles. The van der Waals surface area contributed by atoms with Gasteiger partial charge in [0.05, 0.1) is 0 Å². The second-order valence-electron chi connectivity index (χ2n) is 4.41. The van der Waals surface area contributed by atoms with Gasteiger partial charge >= 0.3 is 0 Å². The minimum Gasteiger partial charge on any atom is -0.380 e. The Morgan fingerprint density at radius 1 is 1.33 bits per heavy atom. The van der Waals surface area contributed by atoms with E-state index in [4.69, 9.17) is 0 Å². The number of rotatable bonds is 3. The number of hydrogen-bond donors (Lipinski definition) is 1. The Morgan fingerprint density at radius 2 is 2.11 bits per heavy atom. The summed E-state index contributed by atoms with van der Waals surface area (Å²) in [6, 6.07) is 9.71. The minimum atomic E-state index is -0.984. The molecule has 0 fully saturated rings. The normalized spacial score (nSPS) is 14.2. The van der Waals surface area contributed by atoms with Crippen LogP contribution < -0.4 is 0 Å². The molecule has 0 amide bonds. The van der Waals surface area contributed by atoms with Crippen molar-refractivity contribution in [2.24, 2.45) is 0 Å². The fourth-order valence-corrected chi connectivity index (χ4v) is 2.59. The van der Waals surface area contributed by atoms with E-state index in [9.17, 15) is 5.11 Å². The summed E-state index contributed by atoms with van der Waals surface area (Å²) in [6.45, 7) is 3.98. The third kappa shape index (κ3) is 2.33. The fraction of sp³-hybridized carbons (Fsp3) is 0.267. The van der Waals surface area contributed by atoms with Gasteiger partial charge in [-0.25, -0.2) is 0 Å². The Bertz CT molecular complexity index is 556. The van der Waals surface area contributed by atoms with Crippen LogP contribution in [0.1, 0.15) is 30.0 Å². The molecule has 0 spiro atoms.